The lowest BCUT2D eigenvalue weighted by Gasteiger charge is -2.08. The standard InChI is InChI=1S/C13H20N2O2/c1-3-17-12-6-4-11(5-7-12)8-13(16)15-9-10(2)14/h4-7,10H,3,8-9,14H2,1-2H3,(H,15,16). The molecule has 3 N–H and O–H groups in total. The molecule has 1 rings (SSSR count). The van der Waals surface area contributed by atoms with Crippen molar-refractivity contribution in [1.29, 1.82) is 0 Å². The van der Waals surface area contributed by atoms with E-state index >= 15 is 0 Å². The van der Waals surface area contributed by atoms with Crippen LogP contribution in [0.3, 0.4) is 0 Å². The molecular weight excluding hydrogens is 216 g/mol. The van der Waals surface area contributed by atoms with E-state index in [1.807, 2.05) is 38.1 Å². The average molecular weight is 236 g/mol. The number of rotatable bonds is 6. The van der Waals surface area contributed by atoms with Gasteiger partial charge in [0, 0.05) is 12.6 Å². The molecule has 1 unspecified atom stereocenters. The first-order valence-corrected chi connectivity index (χ1v) is 5.85. The van der Waals surface area contributed by atoms with Gasteiger partial charge in [-0.1, -0.05) is 12.1 Å². The van der Waals surface area contributed by atoms with Crippen LogP contribution in [0.4, 0.5) is 0 Å². The third-order valence-electron chi connectivity index (χ3n) is 2.22. The number of carbonyl (C=O) groups is 1. The molecular formula is C13H20N2O2. The SMILES string of the molecule is CCOc1ccc(CC(=O)NCC(C)N)cc1. The van der Waals surface area contributed by atoms with Crippen molar-refractivity contribution in [2.75, 3.05) is 13.2 Å². The van der Waals surface area contributed by atoms with Crippen molar-refractivity contribution < 1.29 is 9.53 Å². The molecule has 0 saturated carbocycles. The summed E-state index contributed by atoms with van der Waals surface area (Å²) in [5, 5.41) is 2.78. The van der Waals surface area contributed by atoms with E-state index in [9.17, 15) is 4.79 Å². The molecule has 0 aliphatic carbocycles. The van der Waals surface area contributed by atoms with Gasteiger partial charge >= 0.3 is 0 Å². The molecule has 1 aromatic rings. The fourth-order valence-corrected chi connectivity index (χ4v) is 1.39. The molecule has 0 radical (unpaired) electrons. The minimum atomic E-state index is -0.0146. The molecule has 0 aliphatic rings. The summed E-state index contributed by atoms with van der Waals surface area (Å²) in [6.07, 6.45) is 0.374. The van der Waals surface area contributed by atoms with Crippen LogP contribution in [-0.2, 0) is 11.2 Å². The van der Waals surface area contributed by atoms with Crippen molar-refractivity contribution in [3.63, 3.8) is 0 Å². The van der Waals surface area contributed by atoms with E-state index in [0.717, 1.165) is 11.3 Å². The highest BCUT2D eigenvalue weighted by Crippen LogP contribution is 2.12. The van der Waals surface area contributed by atoms with Gasteiger partial charge in [-0.3, -0.25) is 4.79 Å². The molecule has 0 aromatic heterocycles. The van der Waals surface area contributed by atoms with E-state index in [1.165, 1.54) is 0 Å². The van der Waals surface area contributed by atoms with Crippen LogP contribution < -0.4 is 15.8 Å². The minimum Gasteiger partial charge on any atom is -0.494 e. The first kappa shape index (κ1) is 13.5. The maximum Gasteiger partial charge on any atom is 0.224 e. The average Bonchev–Trinajstić information content (AvgIpc) is 2.29. The van der Waals surface area contributed by atoms with Crippen molar-refractivity contribution in [2.45, 2.75) is 26.3 Å². The molecule has 0 heterocycles. The number of amides is 1. The number of hydrogen-bond donors (Lipinski definition) is 2. The molecule has 0 spiro atoms. The first-order chi connectivity index (χ1) is 8.11. The minimum absolute atomic E-state index is 0.00791. The molecule has 17 heavy (non-hydrogen) atoms. The van der Waals surface area contributed by atoms with Gasteiger partial charge in [-0.15, -0.1) is 0 Å². The van der Waals surface area contributed by atoms with E-state index in [2.05, 4.69) is 5.32 Å². The van der Waals surface area contributed by atoms with Gasteiger partial charge in [-0.25, -0.2) is 0 Å². The highest BCUT2D eigenvalue weighted by atomic mass is 16.5. The summed E-state index contributed by atoms with van der Waals surface area (Å²) >= 11 is 0. The Bertz CT molecular complexity index is 347. The summed E-state index contributed by atoms with van der Waals surface area (Å²) in [7, 11) is 0. The Morgan fingerprint density at radius 2 is 2.06 bits per heavy atom. The van der Waals surface area contributed by atoms with Crippen LogP contribution in [-0.4, -0.2) is 25.1 Å². The third-order valence-corrected chi connectivity index (χ3v) is 2.22. The quantitative estimate of drug-likeness (QED) is 0.777. The fourth-order valence-electron chi connectivity index (χ4n) is 1.39. The molecule has 0 saturated heterocycles. The van der Waals surface area contributed by atoms with Crippen LogP contribution in [0.1, 0.15) is 19.4 Å². The normalized spacial score (nSPS) is 11.9. The summed E-state index contributed by atoms with van der Waals surface area (Å²) in [6, 6.07) is 7.53. The van der Waals surface area contributed by atoms with Gasteiger partial charge in [-0.2, -0.15) is 0 Å². The van der Waals surface area contributed by atoms with Crippen LogP contribution in [0.2, 0.25) is 0 Å². The number of hydrogen-bond acceptors (Lipinski definition) is 3. The molecule has 0 bridgehead atoms. The lowest BCUT2D eigenvalue weighted by atomic mass is 10.1. The summed E-state index contributed by atoms with van der Waals surface area (Å²) in [4.78, 5) is 11.5. The van der Waals surface area contributed by atoms with E-state index in [-0.39, 0.29) is 11.9 Å². The highest BCUT2D eigenvalue weighted by Gasteiger charge is 2.04. The van der Waals surface area contributed by atoms with Gasteiger partial charge in [0.1, 0.15) is 5.75 Å². The molecule has 4 heteroatoms. The summed E-state index contributed by atoms with van der Waals surface area (Å²) in [5.41, 5.74) is 6.52. The first-order valence-electron chi connectivity index (χ1n) is 5.85. The highest BCUT2D eigenvalue weighted by molar-refractivity contribution is 5.78. The number of nitrogens with one attached hydrogen (secondary N) is 1. The fraction of sp³-hybridized carbons (Fsp3) is 0.462. The van der Waals surface area contributed by atoms with Crippen LogP contribution in [0, 0.1) is 0 Å². The second-order valence-electron chi connectivity index (χ2n) is 4.04. The Labute approximate surface area is 102 Å². The molecule has 1 atom stereocenters. The molecule has 1 aromatic carbocycles. The zero-order chi connectivity index (χ0) is 12.7. The molecule has 94 valence electrons. The molecule has 4 nitrogen and oxygen atoms in total. The second kappa shape index (κ2) is 6.91. The van der Waals surface area contributed by atoms with Crippen molar-refractivity contribution in [1.82, 2.24) is 5.32 Å². The number of carbonyl (C=O) groups excluding carboxylic acids is 1. The Hall–Kier alpha value is -1.55. The Morgan fingerprint density at radius 1 is 1.41 bits per heavy atom. The van der Waals surface area contributed by atoms with Gasteiger partial charge in [0.2, 0.25) is 5.91 Å². The van der Waals surface area contributed by atoms with Crippen molar-refractivity contribution in [3.05, 3.63) is 29.8 Å². The van der Waals surface area contributed by atoms with Crippen molar-refractivity contribution in [2.24, 2.45) is 5.73 Å². The smallest absolute Gasteiger partial charge is 0.224 e. The predicted molar refractivity (Wildman–Crippen MR) is 68.0 cm³/mol. The Morgan fingerprint density at radius 3 is 2.59 bits per heavy atom. The zero-order valence-electron chi connectivity index (χ0n) is 10.4. The number of nitrogens with two attached hydrogens (primary N) is 1. The van der Waals surface area contributed by atoms with Gasteiger partial charge in [-0.05, 0) is 31.5 Å². The van der Waals surface area contributed by atoms with E-state index in [1.54, 1.807) is 0 Å². The maximum absolute atomic E-state index is 11.5. The Balaban J connectivity index is 2.43. The van der Waals surface area contributed by atoms with E-state index in [0.29, 0.717) is 19.6 Å². The topological polar surface area (TPSA) is 64.3 Å². The molecule has 0 fully saturated rings. The lowest BCUT2D eigenvalue weighted by molar-refractivity contribution is -0.120. The molecule has 0 aliphatic heterocycles. The predicted octanol–water partition coefficient (Wildman–Crippen LogP) is 1.09. The van der Waals surface area contributed by atoms with Gasteiger partial charge in [0.15, 0.2) is 0 Å². The van der Waals surface area contributed by atoms with Crippen molar-refractivity contribution in [3.8, 4) is 5.75 Å². The summed E-state index contributed by atoms with van der Waals surface area (Å²) < 4.78 is 5.33. The zero-order valence-corrected chi connectivity index (χ0v) is 10.4. The number of benzene rings is 1. The van der Waals surface area contributed by atoms with Crippen LogP contribution in [0.15, 0.2) is 24.3 Å². The second-order valence-corrected chi connectivity index (χ2v) is 4.04. The van der Waals surface area contributed by atoms with Crippen LogP contribution in [0.25, 0.3) is 0 Å². The number of ether oxygens (including phenoxy) is 1. The summed E-state index contributed by atoms with van der Waals surface area (Å²) in [5.74, 6) is 0.818. The summed E-state index contributed by atoms with van der Waals surface area (Å²) in [6.45, 7) is 4.95. The van der Waals surface area contributed by atoms with Crippen LogP contribution in [0.5, 0.6) is 5.75 Å². The van der Waals surface area contributed by atoms with Gasteiger partial charge < -0.3 is 15.8 Å². The lowest BCUT2D eigenvalue weighted by Crippen LogP contribution is -2.35. The van der Waals surface area contributed by atoms with Gasteiger partial charge in [0.25, 0.3) is 0 Å². The molecule has 1 amide bonds. The largest absolute Gasteiger partial charge is 0.494 e. The van der Waals surface area contributed by atoms with E-state index < -0.39 is 0 Å². The maximum atomic E-state index is 11.5. The Kier molecular flexibility index (Phi) is 5.49. The monoisotopic (exact) mass is 236 g/mol. The third kappa shape index (κ3) is 5.36. The van der Waals surface area contributed by atoms with Crippen molar-refractivity contribution >= 4 is 5.91 Å². The van der Waals surface area contributed by atoms with E-state index in [4.69, 9.17) is 10.5 Å². The van der Waals surface area contributed by atoms with Crippen LogP contribution >= 0.6 is 0 Å². The van der Waals surface area contributed by atoms with Gasteiger partial charge in [0.05, 0.1) is 13.0 Å².